The Kier molecular flexibility index (Phi) is 6.10. The summed E-state index contributed by atoms with van der Waals surface area (Å²) in [6, 6.07) is 23.2. The summed E-state index contributed by atoms with van der Waals surface area (Å²) in [5.41, 5.74) is 5.13. The quantitative estimate of drug-likeness (QED) is 0.386. The van der Waals surface area contributed by atoms with Crippen LogP contribution in [0.25, 0.3) is 11.1 Å². The van der Waals surface area contributed by atoms with Crippen LogP contribution in [0, 0.1) is 10.1 Å². The predicted octanol–water partition coefficient (Wildman–Crippen LogP) is 3.79. The molecule has 0 radical (unpaired) electrons. The number of hydrogen-bond donors (Lipinski definition) is 1. The first-order chi connectivity index (χ1) is 13.6. The molecule has 3 rings (SSSR count). The van der Waals surface area contributed by atoms with E-state index in [0.29, 0.717) is 11.3 Å². The van der Waals surface area contributed by atoms with Gasteiger partial charge in [0.05, 0.1) is 11.1 Å². The fraction of sp³-hybridized carbons (Fsp3) is 0.0476. The molecule has 0 saturated heterocycles. The van der Waals surface area contributed by atoms with Crippen LogP contribution in [0.3, 0.4) is 0 Å². The third-order valence-corrected chi connectivity index (χ3v) is 3.84. The minimum Gasteiger partial charge on any atom is -0.484 e. The van der Waals surface area contributed by atoms with Crippen molar-refractivity contribution in [2.75, 3.05) is 6.61 Å². The molecule has 0 aliphatic heterocycles. The van der Waals surface area contributed by atoms with Gasteiger partial charge in [-0.1, -0.05) is 42.5 Å². The number of rotatable bonds is 7. The number of hydrazone groups is 1. The van der Waals surface area contributed by atoms with E-state index < -0.39 is 10.8 Å². The Hall–Kier alpha value is -4.00. The van der Waals surface area contributed by atoms with E-state index in [9.17, 15) is 14.9 Å². The molecule has 0 fully saturated rings. The maximum Gasteiger partial charge on any atom is 0.277 e. The van der Waals surface area contributed by atoms with Crippen LogP contribution in [0.4, 0.5) is 5.69 Å². The molecular formula is C21H17N3O4. The molecule has 140 valence electrons. The summed E-state index contributed by atoms with van der Waals surface area (Å²) in [4.78, 5) is 21.9. The van der Waals surface area contributed by atoms with Crippen molar-refractivity contribution in [2.24, 2.45) is 5.10 Å². The molecule has 0 spiro atoms. The van der Waals surface area contributed by atoms with Crippen LogP contribution >= 0.6 is 0 Å². The summed E-state index contributed by atoms with van der Waals surface area (Å²) in [5, 5.41) is 14.4. The molecule has 0 atom stereocenters. The predicted molar refractivity (Wildman–Crippen MR) is 106 cm³/mol. The van der Waals surface area contributed by atoms with Crippen LogP contribution < -0.4 is 10.2 Å². The van der Waals surface area contributed by atoms with E-state index >= 15 is 0 Å². The molecule has 28 heavy (non-hydrogen) atoms. The zero-order valence-electron chi connectivity index (χ0n) is 14.8. The molecule has 7 heteroatoms. The second kappa shape index (κ2) is 9.09. The lowest BCUT2D eigenvalue weighted by atomic mass is 10.1. The maximum absolute atomic E-state index is 11.8. The molecule has 0 aliphatic rings. The van der Waals surface area contributed by atoms with Gasteiger partial charge in [-0.2, -0.15) is 5.10 Å². The van der Waals surface area contributed by atoms with Gasteiger partial charge in [-0.05, 0) is 41.0 Å². The van der Waals surface area contributed by atoms with E-state index in [0.717, 1.165) is 11.1 Å². The van der Waals surface area contributed by atoms with Crippen molar-refractivity contribution in [2.45, 2.75) is 0 Å². The summed E-state index contributed by atoms with van der Waals surface area (Å²) in [6.07, 6.45) is 1.40. The Bertz CT molecular complexity index is 969. The van der Waals surface area contributed by atoms with E-state index in [4.69, 9.17) is 4.74 Å². The highest BCUT2D eigenvalue weighted by Crippen LogP contribution is 2.21. The van der Waals surface area contributed by atoms with Gasteiger partial charge in [0.2, 0.25) is 0 Å². The second-order valence-corrected chi connectivity index (χ2v) is 5.82. The molecule has 1 N–H and O–H groups in total. The standard InChI is InChI=1S/C21H17N3O4/c25-21(23-22-14-16-6-10-19(11-7-16)24(26)27)15-28-20-12-8-18(9-13-20)17-4-2-1-3-5-17/h1-14H,15H2,(H,23,25)/b22-14-. The largest absolute Gasteiger partial charge is 0.484 e. The Labute approximate surface area is 161 Å². The zero-order chi connectivity index (χ0) is 19.8. The Morgan fingerprint density at radius 2 is 1.61 bits per heavy atom. The highest BCUT2D eigenvalue weighted by Gasteiger charge is 2.04. The zero-order valence-corrected chi connectivity index (χ0v) is 14.8. The van der Waals surface area contributed by atoms with E-state index in [2.05, 4.69) is 10.5 Å². The van der Waals surface area contributed by atoms with Gasteiger partial charge < -0.3 is 4.74 Å². The molecular weight excluding hydrogens is 358 g/mol. The van der Waals surface area contributed by atoms with Crippen LogP contribution in [0.2, 0.25) is 0 Å². The molecule has 0 saturated carbocycles. The number of nitrogens with one attached hydrogen (secondary N) is 1. The van der Waals surface area contributed by atoms with Crippen LogP contribution in [-0.2, 0) is 4.79 Å². The van der Waals surface area contributed by atoms with Gasteiger partial charge in [-0.3, -0.25) is 14.9 Å². The van der Waals surface area contributed by atoms with Gasteiger partial charge in [0.25, 0.3) is 11.6 Å². The number of nitrogens with zero attached hydrogens (tertiary/aromatic N) is 2. The smallest absolute Gasteiger partial charge is 0.277 e. The van der Waals surface area contributed by atoms with E-state index in [1.165, 1.54) is 18.3 Å². The third-order valence-electron chi connectivity index (χ3n) is 3.84. The lowest BCUT2D eigenvalue weighted by molar-refractivity contribution is -0.384. The molecule has 0 heterocycles. The average Bonchev–Trinajstić information content (AvgIpc) is 2.73. The number of nitro benzene ring substituents is 1. The molecule has 0 aromatic heterocycles. The number of non-ortho nitro benzene ring substituents is 1. The molecule has 0 unspecified atom stereocenters. The third kappa shape index (κ3) is 5.25. The number of carbonyl (C=O) groups is 1. The van der Waals surface area contributed by atoms with Crippen molar-refractivity contribution >= 4 is 17.8 Å². The average molecular weight is 375 g/mol. The van der Waals surface area contributed by atoms with E-state index in [-0.39, 0.29) is 12.3 Å². The summed E-state index contributed by atoms with van der Waals surface area (Å²) >= 11 is 0. The van der Waals surface area contributed by atoms with Crippen LogP contribution in [-0.4, -0.2) is 23.7 Å². The maximum atomic E-state index is 11.8. The lowest BCUT2D eigenvalue weighted by Crippen LogP contribution is -2.24. The van der Waals surface area contributed by atoms with Gasteiger partial charge in [0.15, 0.2) is 6.61 Å². The van der Waals surface area contributed by atoms with Crippen LogP contribution in [0.5, 0.6) is 5.75 Å². The number of amides is 1. The monoisotopic (exact) mass is 375 g/mol. The Morgan fingerprint density at radius 1 is 0.964 bits per heavy atom. The Balaban J connectivity index is 1.47. The highest BCUT2D eigenvalue weighted by molar-refractivity contribution is 5.83. The summed E-state index contributed by atoms with van der Waals surface area (Å²) in [6.45, 7) is -0.178. The van der Waals surface area contributed by atoms with E-state index in [1.807, 2.05) is 42.5 Å². The van der Waals surface area contributed by atoms with Crippen LogP contribution in [0.1, 0.15) is 5.56 Å². The molecule has 1 amide bonds. The number of carbonyl (C=O) groups excluding carboxylic acids is 1. The van der Waals surface area contributed by atoms with Gasteiger partial charge in [0.1, 0.15) is 5.75 Å². The fourth-order valence-corrected chi connectivity index (χ4v) is 2.42. The SMILES string of the molecule is O=C(COc1ccc(-c2ccccc2)cc1)N/N=C\c1ccc([N+](=O)[O-])cc1. The Morgan fingerprint density at radius 3 is 2.25 bits per heavy atom. The van der Waals surface area contributed by atoms with E-state index in [1.54, 1.807) is 24.3 Å². The number of hydrogen-bond acceptors (Lipinski definition) is 5. The highest BCUT2D eigenvalue weighted by atomic mass is 16.6. The van der Waals surface area contributed by atoms with Crippen molar-refractivity contribution in [1.82, 2.24) is 5.43 Å². The number of benzene rings is 3. The molecule has 0 bridgehead atoms. The topological polar surface area (TPSA) is 93.8 Å². The first kappa shape index (κ1) is 18.8. The van der Waals surface area contributed by atoms with Crippen LogP contribution in [0.15, 0.2) is 84.0 Å². The normalized spacial score (nSPS) is 10.6. The van der Waals surface area contributed by atoms with Gasteiger partial charge >= 0.3 is 0 Å². The first-order valence-electron chi connectivity index (χ1n) is 8.46. The van der Waals surface area contributed by atoms with Crippen molar-refractivity contribution in [3.63, 3.8) is 0 Å². The lowest BCUT2D eigenvalue weighted by Gasteiger charge is -2.06. The van der Waals surface area contributed by atoms with Crippen molar-refractivity contribution < 1.29 is 14.5 Å². The minimum atomic E-state index is -0.480. The molecule has 0 aliphatic carbocycles. The number of ether oxygens (including phenoxy) is 1. The van der Waals surface area contributed by atoms with Crippen molar-refractivity contribution in [3.05, 3.63) is 94.5 Å². The molecule has 3 aromatic carbocycles. The van der Waals surface area contributed by atoms with Gasteiger partial charge in [-0.25, -0.2) is 5.43 Å². The molecule has 7 nitrogen and oxygen atoms in total. The van der Waals surface area contributed by atoms with Gasteiger partial charge in [0, 0.05) is 12.1 Å². The summed E-state index contributed by atoms with van der Waals surface area (Å²) < 4.78 is 5.44. The number of nitro groups is 1. The van der Waals surface area contributed by atoms with Crippen molar-refractivity contribution in [1.29, 1.82) is 0 Å². The van der Waals surface area contributed by atoms with Gasteiger partial charge in [-0.15, -0.1) is 0 Å². The summed E-state index contributed by atoms with van der Waals surface area (Å²) in [7, 11) is 0. The fourth-order valence-electron chi connectivity index (χ4n) is 2.42. The first-order valence-corrected chi connectivity index (χ1v) is 8.46. The second-order valence-electron chi connectivity index (χ2n) is 5.82. The molecule has 3 aromatic rings. The van der Waals surface area contributed by atoms with Crippen molar-refractivity contribution in [3.8, 4) is 16.9 Å². The summed E-state index contributed by atoms with van der Waals surface area (Å²) in [5.74, 6) is 0.166. The minimum absolute atomic E-state index is 0.00660.